The Labute approximate surface area is 142 Å². The van der Waals surface area contributed by atoms with Gasteiger partial charge in [0.1, 0.15) is 6.04 Å². The summed E-state index contributed by atoms with van der Waals surface area (Å²) in [7, 11) is 0. The average Bonchev–Trinajstić information content (AvgIpc) is 2.95. The molecule has 0 aromatic carbocycles. The summed E-state index contributed by atoms with van der Waals surface area (Å²) in [4.78, 5) is 31.2. The van der Waals surface area contributed by atoms with E-state index in [9.17, 15) is 9.59 Å². The number of aromatic nitrogens is 1. The molecule has 0 saturated carbocycles. The summed E-state index contributed by atoms with van der Waals surface area (Å²) in [6, 6.07) is 3.25. The van der Waals surface area contributed by atoms with E-state index in [1.165, 1.54) is 0 Å². The number of rotatable bonds is 5. The van der Waals surface area contributed by atoms with Crippen LogP contribution >= 0.6 is 11.8 Å². The van der Waals surface area contributed by atoms with E-state index in [0.717, 1.165) is 12.1 Å². The van der Waals surface area contributed by atoms with E-state index >= 15 is 0 Å². The fourth-order valence-corrected chi connectivity index (χ4v) is 3.68. The van der Waals surface area contributed by atoms with Crippen LogP contribution in [0.4, 0.5) is 0 Å². The number of hydrogen-bond donors (Lipinski definition) is 1. The van der Waals surface area contributed by atoms with Crippen LogP contribution in [0.1, 0.15) is 42.0 Å². The maximum absolute atomic E-state index is 12.8. The lowest BCUT2D eigenvalue weighted by atomic mass is 10.1. The van der Waals surface area contributed by atoms with Crippen LogP contribution in [-0.2, 0) is 4.79 Å². The molecule has 1 atom stereocenters. The van der Waals surface area contributed by atoms with Crippen molar-refractivity contribution in [1.82, 2.24) is 15.2 Å². The van der Waals surface area contributed by atoms with Gasteiger partial charge in [-0.25, -0.2) is 0 Å². The Bertz CT molecular complexity index is 589. The van der Waals surface area contributed by atoms with Crippen LogP contribution in [0, 0.1) is 19.8 Å². The lowest BCUT2D eigenvalue weighted by Gasteiger charge is -2.24. The summed E-state index contributed by atoms with van der Waals surface area (Å²) >= 11 is 1.61. The maximum Gasteiger partial charge on any atom is 0.257 e. The number of hydrogen-bond acceptors (Lipinski definition) is 4. The molecule has 0 bridgehead atoms. The molecule has 1 N–H and O–H groups in total. The first-order chi connectivity index (χ1) is 10.9. The highest BCUT2D eigenvalue weighted by Crippen LogP contribution is 2.24. The van der Waals surface area contributed by atoms with E-state index in [1.54, 1.807) is 22.7 Å². The third-order valence-electron chi connectivity index (χ3n) is 3.92. The van der Waals surface area contributed by atoms with Crippen molar-refractivity contribution in [3.05, 3.63) is 29.1 Å². The molecule has 2 amide bonds. The summed E-state index contributed by atoms with van der Waals surface area (Å²) in [5, 5.41) is 2.95. The number of nitrogens with one attached hydrogen (secondary N) is 1. The molecule has 0 aliphatic carbocycles. The van der Waals surface area contributed by atoms with Gasteiger partial charge < -0.3 is 10.2 Å². The molecule has 126 valence electrons. The summed E-state index contributed by atoms with van der Waals surface area (Å²) in [5.41, 5.74) is 2.18. The van der Waals surface area contributed by atoms with Gasteiger partial charge in [0.25, 0.3) is 5.91 Å². The van der Waals surface area contributed by atoms with Gasteiger partial charge in [0.2, 0.25) is 5.91 Å². The fourth-order valence-electron chi connectivity index (χ4n) is 2.53. The minimum atomic E-state index is -0.389. The largest absolute Gasteiger partial charge is 0.354 e. The second-order valence-corrected chi connectivity index (χ2v) is 7.35. The van der Waals surface area contributed by atoms with Crippen molar-refractivity contribution >= 4 is 23.6 Å². The molecule has 1 aliphatic rings. The molecular formula is C17H25N3O2S. The Morgan fingerprint density at radius 1 is 1.39 bits per heavy atom. The van der Waals surface area contributed by atoms with Gasteiger partial charge in [-0.3, -0.25) is 14.6 Å². The molecule has 5 nitrogen and oxygen atoms in total. The average molecular weight is 335 g/mol. The van der Waals surface area contributed by atoms with Crippen molar-refractivity contribution in [3.8, 4) is 0 Å². The molecule has 0 unspecified atom stereocenters. The molecule has 0 radical (unpaired) electrons. The van der Waals surface area contributed by atoms with Crippen molar-refractivity contribution < 1.29 is 9.59 Å². The third kappa shape index (κ3) is 4.47. The zero-order valence-corrected chi connectivity index (χ0v) is 15.1. The first-order valence-electron chi connectivity index (χ1n) is 8.00. The summed E-state index contributed by atoms with van der Waals surface area (Å²) < 4.78 is 0. The Balaban J connectivity index is 2.05. The zero-order chi connectivity index (χ0) is 17.0. The van der Waals surface area contributed by atoms with Gasteiger partial charge in [-0.1, -0.05) is 13.8 Å². The number of amides is 2. The number of nitrogens with zero attached hydrogens (tertiary/aromatic N) is 2. The first-order valence-corrected chi connectivity index (χ1v) is 9.16. The van der Waals surface area contributed by atoms with Crippen LogP contribution < -0.4 is 5.32 Å². The fraction of sp³-hybridized carbons (Fsp3) is 0.588. The van der Waals surface area contributed by atoms with Crippen molar-refractivity contribution in [1.29, 1.82) is 0 Å². The lowest BCUT2D eigenvalue weighted by Crippen LogP contribution is -2.47. The van der Waals surface area contributed by atoms with E-state index in [1.807, 2.05) is 19.9 Å². The van der Waals surface area contributed by atoms with Crippen molar-refractivity contribution in [2.24, 2.45) is 5.92 Å². The topological polar surface area (TPSA) is 62.3 Å². The molecule has 1 aromatic heterocycles. The van der Waals surface area contributed by atoms with E-state index in [-0.39, 0.29) is 17.9 Å². The lowest BCUT2D eigenvalue weighted by molar-refractivity contribution is -0.124. The van der Waals surface area contributed by atoms with E-state index in [0.29, 0.717) is 35.3 Å². The number of thioether (sulfide) groups is 1. The highest BCUT2D eigenvalue weighted by molar-refractivity contribution is 7.99. The van der Waals surface area contributed by atoms with E-state index in [2.05, 4.69) is 24.1 Å². The Morgan fingerprint density at radius 3 is 2.78 bits per heavy atom. The van der Waals surface area contributed by atoms with Crippen LogP contribution in [-0.4, -0.2) is 45.9 Å². The quantitative estimate of drug-likeness (QED) is 0.897. The van der Waals surface area contributed by atoms with Crippen LogP contribution in [0.25, 0.3) is 0 Å². The molecule has 0 spiro atoms. The Kier molecular flexibility index (Phi) is 6.04. The number of carbonyl (C=O) groups excluding carboxylic acids is 2. The van der Waals surface area contributed by atoms with Gasteiger partial charge in [0.15, 0.2) is 0 Å². The molecule has 1 aliphatic heterocycles. The number of aryl methyl sites for hydroxylation is 2. The maximum atomic E-state index is 12.8. The second kappa shape index (κ2) is 7.81. The molecule has 1 fully saturated rings. The summed E-state index contributed by atoms with van der Waals surface area (Å²) in [6.07, 6.45) is 0.945. The van der Waals surface area contributed by atoms with Gasteiger partial charge in [0, 0.05) is 18.0 Å². The van der Waals surface area contributed by atoms with E-state index in [4.69, 9.17) is 0 Å². The van der Waals surface area contributed by atoms with Gasteiger partial charge >= 0.3 is 0 Å². The molecule has 23 heavy (non-hydrogen) atoms. The van der Waals surface area contributed by atoms with Gasteiger partial charge in [0.05, 0.1) is 17.1 Å². The molecule has 2 rings (SSSR count). The highest BCUT2D eigenvalue weighted by Gasteiger charge is 2.35. The van der Waals surface area contributed by atoms with Gasteiger partial charge in [-0.2, -0.15) is 0 Å². The Morgan fingerprint density at radius 2 is 2.13 bits per heavy atom. The van der Waals surface area contributed by atoms with Crippen LogP contribution in [0.15, 0.2) is 12.1 Å². The normalized spacial score (nSPS) is 17.6. The number of pyridine rings is 1. The second-order valence-electron chi connectivity index (χ2n) is 6.35. The van der Waals surface area contributed by atoms with Crippen molar-refractivity contribution in [2.75, 3.05) is 18.2 Å². The smallest absolute Gasteiger partial charge is 0.257 e. The Hall–Kier alpha value is -1.56. The minimum Gasteiger partial charge on any atom is -0.354 e. The zero-order valence-electron chi connectivity index (χ0n) is 14.3. The molecule has 2 heterocycles. The first kappa shape index (κ1) is 17.8. The van der Waals surface area contributed by atoms with Crippen LogP contribution in [0.2, 0.25) is 0 Å². The monoisotopic (exact) mass is 335 g/mol. The van der Waals surface area contributed by atoms with E-state index < -0.39 is 0 Å². The van der Waals surface area contributed by atoms with Gasteiger partial charge in [-0.15, -0.1) is 11.8 Å². The molecular weight excluding hydrogens is 310 g/mol. The number of carbonyl (C=O) groups is 2. The third-order valence-corrected chi connectivity index (χ3v) is 4.93. The van der Waals surface area contributed by atoms with Crippen molar-refractivity contribution in [2.45, 2.75) is 40.2 Å². The van der Waals surface area contributed by atoms with Crippen LogP contribution in [0.5, 0.6) is 0 Å². The minimum absolute atomic E-state index is 0.0540. The predicted molar refractivity (Wildman–Crippen MR) is 93.5 cm³/mol. The molecule has 6 heteroatoms. The predicted octanol–water partition coefficient (Wildman–Crippen LogP) is 2.38. The molecule has 1 aromatic rings. The SMILES string of the molecule is Cc1ccc(C(=O)N2CSC[C@H]2C(=O)NCCC(C)C)c(C)n1. The summed E-state index contributed by atoms with van der Waals surface area (Å²) in [5.74, 6) is 1.59. The van der Waals surface area contributed by atoms with Crippen LogP contribution in [0.3, 0.4) is 0 Å². The van der Waals surface area contributed by atoms with Gasteiger partial charge in [-0.05, 0) is 38.3 Å². The standard InChI is InChI=1S/C17H25N3O2S/c1-11(2)7-8-18-16(21)15-9-23-10-20(15)17(22)14-6-5-12(3)19-13(14)4/h5-6,11,15H,7-10H2,1-4H3,(H,18,21)/t15-/m0/s1. The summed E-state index contributed by atoms with van der Waals surface area (Å²) in [6.45, 7) is 8.64. The van der Waals surface area contributed by atoms with Crippen molar-refractivity contribution in [3.63, 3.8) is 0 Å². The highest BCUT2D eigenvalue weighted by atomic mass is 32.2. The molecule has 1 saturated heterocycles.